The van der Waals surface area contributed by atoms with Gasteiger partial charge in [-0.15, -0.1) is 0 Å². The van der Waals surface area contributed by atoms with Crippen LogP contribution in [0.4, 0.5) is 0 Å². The molecule has 0 aromatic heterocycles. The molecule has 1 aromatic carbocycles. The zero-order valence-electron chi connectivity index (χ0n) is 39.2. The summed E-state index contributed by atoms with van der Waals surface area (Å²) in [4.78, 5) is 40.9. The Morgan fingerprint density at radius 1 is 0.844 bits per heavy atom. The van der Waals surface area contributed by atoms with Crippen LogP contribution in [0.5, 0.6) is 11.5 Å². The number of hydrogen-bond donors (Lipinski definition) is 4. The molecule has 0 spiro atoms. The third kappa shape index (κ3) is 14.3. The van der Waals surface area contributed by atoms with Crippen molar-refractivity contribution in [2.45, 2.75) is 154 Å². The number of methoxy groups -OCH3 is 2. The lowest BCUT2D eigenvalue weighted by Crippen LogP contribution is -2.63. The zero-order chi connectivity index (χ0) is 47.4. The highest BCUT2D eigenvalue weighted by atomic mass is 16.7. The quantitative estimate of drug-likeness (QED) is 0.155. The van der Waals surface area contributed by atoms with Crippen LogP contribution in [0.2, 0.25) is 0 Å². The van der Waals surface area contributed by atoms with E-state index in [0.717, 1.165) is 0 Å². The maximum absolute atomic E-state index is 13.9. The molecule has 3 heterocycles. The highest BCUT2D eigenvalue weighted by Crippen LogP contribution is 2.35. The number of aliphatic hydroxyl groups is 4. The summed E-state index contributed by atoms with van der Waals surface area (Å²) >= 11 is 0. The summed E-state index contributed by atoms with van der Waals surface area (Å²) in [6, 6.07) is 5.80. The topological polar surface area (TPSA) is 218 Å². The Morgan fingerprint density at radius 2 is 1.47 bits per heavy atom. The Morgan fingerprint density at radius 3 is 2.08 bits per heavy atom. The van der Waals surface area contributed by atoms with Crippen molar-refractivity contribution in [1.82, 2.24) is 4.90 Å². The Balaban J connectivity index is 1.68. The summed E-state index contributed by atoms with van der Waals surface area (Å²) in [6.45, 7) is 12.1. The minimum atomic E-state index is -1.32. The van der Waals surface area contributed by atoms with Gasteiger partial charge in [-0.3, -0.25) is 14.4 Å². The summed E-state index contributed by atoms with van der Waals surface area (Å²) in [5.74, 6) is -2.81. The summed E-state index contributed by atoms with van der Waals surface area (Å²) in [5.41, 5.74) is 0.705. The highest BCUT2D eigenvalue weighted by Gasteiger charge is 2.48. The van der Waals surface area contributed by atoms with E-state index in [-0.39, 0.29) is 25.4 Å². The molecule has 4 N–H and O–H groups in total. The van der Waals surface area contributed by atoms with Gasteiger partial charge in [0, 0.05) is 38.9 Å². The molecular weight excluding hydrogens is 835 g/mol. The Hall–Kier alpha value is -3.33. The highest BCUT2D eigenvalue weighted by molar-refractivity contribution is 5.91. The van der Waals surface area contributed by atoms with E-state index in [2.05, 4.69) is 0 Å². The molecule has 0 amide bonds. The zero-order valence-corrected chi connectivity index (χ0v) is 39.2. The van der Waals surface area contributed by atoms with E-state index in [9.17, 15) is 34.8 Å². The molecule has 17 nitrogen and oxygen atoms in total. The van der Waals surface area contributed by atoms with Crippen molar-refractivity contribution in [2.24, 2.45) is 23.7 Å². The summed E-state index contributed by atoms with van der Waals surface area (Å²) < 4.78 is 53.6. The Bertz CT molecular complexity index is 1690. The fourth-order valence-electron chi connectivity index (χ4n) is 8.79. The number of hydrogen-bond acceptors (Lipinski definition) is 17. The third-order valence-corrected chi connectivity index (χ3v) is 12.6. The summed E-state index contributed by atoms with van der Waals surface area (Å²) in [6.07, 6.45) is -5.66. The number of allylic oxidation sites excluding steroid dienone is 3. The van der Waals surface area contributed by atoms with Crippen LogP contribution in [-0.2, 0) is 47.5 Å². The van der Waals surface area contributed by atoms with Crippen LogP contribution in [0, 0.1) is 23.7 Å². The average Bonchev–Trinajstić information content (AvgIpc) is 3.24. The van der Waals surface area contributed by atoms with Gasteiger partial charge in [0.25, 0.3) is 0 Å². The van der Waals surface area contributed by atoms with E-state index < -0.39 is 122 Å². The number of likely N-dealkylation sites (N-methyl/N-ethyl adjacent to an activating group) is 1. The van der Waals surface area contributed by atoms with Gasteiger partial charge >= 0.3 is 11.9 Å². The van der Waals surface area contributed by atoms with E-state index in [1.807, 2.05) is 26.8 Å². The van der Waals surface area contributed by atoms with Gasteiger partial charge < -0.3 is 68.0 Å². The second-order valence-corrected chi connectivity index (χ2v) is 17.7. The van der Waals surface area contributed by atoms with E-state index in [0.29, 0.717) is 29.9 Å². The molecule has 17 atom stereocenters. The summed E-state index contributed by atoms with van der Waals surface area (Å²) in [5, 5.41) is 45.1. The number of benzene rings is 1. The molecular formula is C47H73NO16. The van der Waals surface area contributed by atoms with Gasteiger partial charge in [-0.25, -0.2) is 0 Å². The molecule has 64 heavy (non-hydrogen) atoms. The van der Waals surface area contributed by atoms with E-state index in [1.165, 1.54) is 27.2 Å². The van der Waals surface area contributed by atoms with Gasteiger partial charge in [-0.2, -0.15) is 0 Å². The van der Waals surface area contributed by atoms with Gasteiger partial charge in [0.1, 0.15) is 42.0 Å². The van der Waals surface area contributed by atoms with Crippen LogP contribution in [-0.4, -0.2) is 164 Å². The monoisotopic (exact) mass is 907 g/mol. The minimum absolute atomic E-state index is 0.00479. The van der Waals surface area contributed by atoms with Gasteiger partial charge in [-0.1, -0.05) is 38.5 Å². The lowest BCUT2D eigenvalue weighted by atomic mass is 9.79. The normalized spacial score (nSPS) is 38.5. The first-order valence-corrected chi connectivity index (χ1v) is 22.3. The van der Waals surface area contributed by atoms with Crippen molar-refractivity contribution in [2.75, 3.05) is 41.5 Å². The van der Waals surface area contributed by atoms with Crippen molar-refractivity contribution < 1.29 is 77.4 Å². The van der Waals surface area contributed by atoms with Gasteiger partial charge in [-0.05, 0) is 90.4 Å². The molecule has 4 rings (SSSR count). The average molecular weight is 908 g/mol. The third-order valence-electron chi connectivity index (χ3n) is 12.6. The molecule has 0 saturated carbocycles. The molecule has 2 fully saturated rings. The second kappa shape index (κ2) is 25.0. The molecule has 3 aliphatic heterocycles. The molecule has 3 aliphatic rings. The lowest BCUT2D eigenvalue weighted by molar-refractivity contribution is -0.304. The Kier molecular flexibility index (Phi) is 20.8. The maximum Gasteiger partial charge on any atom is 0.308 e. The van der Waals surface area contributed by atoms with Crippen LogP contribution >= 0.6 is 0 Å². The van der Waals surface area contributed by atoms with Crippen molar-refractivity contribution >= 4 is 17.7 Å². The molecule has 17 heteroatoms. The number of esters is 2. The van der Waals surface area contributed by atoms with Crippen LogP contribution in [0.3, 0.4) is 0 Å². The van der Waals surface area contributed by atoms with Crippen LogP contribution in [0.15, 0.2) is 48.1 Å². The molecule has 0 bridgehead atoms. The number of cyclic esters (lactones) is 1. The number of aliphatic hydroxyl groups excluding tert-OH is 4. The van der Waals surface area contributed by atoms with Crippen molar-refractivity contribution in [3.05, 3.63) is 48.1 Å². The van der Waals surface area contributed by atoms with Gasteiger partial charge in [0.2, 0.25) is 0 Å². The number of carbonyl (C=O) groups is 3. The molecule has 362 valence electrons. The summed E-state index contributed by atoms with van der Waals surface area (Å²) in [7, 11) is 6.40. The largest absolute Gasteiger partial charge is 0.494 e. The van der Waals surface area contributed by atoms with E-state index in [4.69, 9.17) is 42.6 Å². The van der Waals surface area contributed by atoms with Gasteiger partial charge in [0.05, 0.1) is 56.2 Å². The van der Waals surface area contributed by atoms with Crippen molar-refractivity contribution in [3.8, 4) is 11.5 Å². The van der Waals surface area contributed by atoms with Crippen LogP contribution < -0.4 is 9.47 Å². The molecule has 0 aliphatic carbocycles. The predicted molar refractivity (Wildman–Crippen MR) is 233 cm³/mol. The minimum Gasteiger partial charge on any atom is -0.494 e. The van der Waals surface area contributed by atoms with Gasteiger partial charge in [0.15, 0.2) is 18.4 Å². The van der Waals surface area contributed by atoms with E-state index >= 15 is 0 Å². The molecule has 2 saturated heterocycles. The smallest absolute Gasteiger partial charge is 0.308 e. The Labute approximate surface area is 377 Å². The number of rotatable bonds is 14. The van der Waals surface area contributed by atoms with Crippen molar-refractivity contribution in [3.63, 3.8) is 0 Å². The SMILES string of the molecule is CC[C@H]1OC(=O)C[C@@H](O)[C@H](C)[C@@H](O[C@@H]2O[C@H](C)[C@@H](O)[C@H](N(C)C)[C@H]2O)[C@@H](CCOc2ccc(OC(C)=O)cc2)C[C@@H](C)C(=O)/C=C/C(C)=C/[C@@H]1CO[C@@H]1O[C@H](C)[C@@H](O)[C@@H](OC)[C@H]1OC. The first-order valence-electron chi connectivity index (χ1n) is 22.3. The maximum atomic E-state index is 13.9. The van der Waals surface area contributed by atoms with Crippen LogP contribution in [0.1, 0.15) is 74.1 Å². The number of nitrogens with zero attached hydrogens (tertiary/aromatic N) is 1. The predicted octanol–water partition coefficient (Wildman–Crippen LogP) is 3.37. The number of ketones is 1. The number of ether oxygens (including phenoxy) is 9. The number of carbonyl (C=O) groups excluding carboxylic acids is 3. The first-order chi connectivity index (χ1) is 30.3. The molecule has 1 aromatic rings. The first kappa shape index (κ1) is 53.3. The lowest BCUT2D eigenvalue weighted by Gasteiger charge is -2.46. The van der Waals surface area contributed by atoms with E-state index in [1.54, 1.807) is 70.1 Å². The standard InChI is InChI=1S/C47H73NO16/c1-12-37-32(24-59-47-45(57-11)44(56-10)41(54)29(6)61-47)21-25(2)13-18-35(50)26(3)22-31(19-20-58-33-14-16-34(17-15-33)62-30(7)49)43(27(4)36(51)23-38(52)63-37)64-46-42(55)39(48(8)9)40(53)28(5)60-46/h13-18,21,26-29,31-32,36-37,39-47,51,53-55H,12,19-20,22-24H2,1-11H3/b18-13+,25-21+/t26-,27+,28-,29-,31+,32-,36-,37-,39+,40-,41-,42-,43-,44-,45-,46+,47-/m1/s1. The second-order valence-electron chi connectivity index (χ2n) is 17.7. The fourth-order valence-corrected chi connectivity index (χ4v) is 8.79. The fraction of sp³-hybridized carbons (Fsp3) is 0.723. The van der Waals surface area contributed by atoms with Crippen molar-refractivity contribution in [1.29, 1.82) is 0 Å². The van der Waals surface area contributed by atoms with Crippen LogP contribution in [0.25, 0.3) is 0 Å². The molecule has 0 unspecified atom stereocenters. The molecule has 0 radical (unpaired) electrons.